The molecule has 38 heavy (non-hydrogen) atoms. The molecule has 0 saturated carbocycles. The molecule has 0 radical (unpaired) electrons. The molecule has 2 aromatic carbocycles. The molecule has 0 aliphatic rings. The highest BCUT2D eigenvalue weighted by atomic mass is 19.2. The van der Waals surface area contributed by atoms with E-state index in [1.807, 2.05) is 6.92 Å². The van der Waals surface area contributed by atoms with Gasteiger partial charge in [0.15, 0.2) is 29.0 Å². The van der Waals surface area contributed by atoms with Crippen molar-refractivity contribution in [3.63, 3.8) is 0 Å². The van der Waals surface area contributed by atoms with Crippen LogP contribution in [-0.4, -0.2) is 19.8 Å². The maximum Gasteiger partial charge on any atom is 0.201 e. The summed E-state index contributed by atoms with van der Waals surface area (Å²) >= 11 is 0. The van der Waals surface area contributed by atoms with E-state index in [0.717, 1.165) is 12.8 Å². The van der Waals surface area contributed by atoms with Gasteiger partial charge in [0.05, 0.1) is 19.8 Å². The lowest BCUT2D eigenvalue weighted by atomic mass is 9.92. The Bertz CT molecular complexity index is 1110. The molecule has 0 bridgehead atoms. The summed E-state index contributed by atoms with van der Waals surface area (Å²) in [6, 6.07) is 9.73. The Morgan fingerprint density at radius 1 is 0.868 bits per heavy atom. The Morgan fingerprint density at radius 3 is 2.18 bits per heavy atom. The van der Waals surface area contributed by atoms with Gasteiger partial charge in [0, 0.05) is 5.56 Å². The number of benzene rings is 2. The standard InChI is InChI=1S/C31H38F4O3/c1-7-9-18-37-25-14-12-24(13-15-25)26-16-17-27(31(35)30(26)34)38-19-20(3)10-11-21(4)22(5)28(32)29(33)23(6)36-8-2/h12-17,20-21H,5-11,18-19H2,1-4H3/b29-28-. The molecule has 0 spiro atoms. The van der Waals surface area contributed by atoms with Crippen molar-refractivity contribution in [2.45, 2.75) is 53.4 Å². The fraction of sp³-hybridized carbons (Fsp3) is 0.419. The van der Waals surface area contributed by atoms with E-state index < -0.39 is 23.3 Å². The van der Waals surface area contributed by atoms with Crippen LogP contribution in [0.1, 0.15) is 53.4 Å². The first-order valence-corrected chi connectivity index (χ1v) is 13.0. The highest BCUT2D eigenvalue weighted by molar-refractivity contribution is 5.66. The van der Waals surface area contributed by atoms with E-state index in [4.69, 9.17) is 14.2 Å². The molecule has 0 heterocycles. The van der Waals surface area contributed by atoms with Crippen LogP contribution < -0.4 is 9.47 Å². The topological polar surface area (TPSA) is 27.7 Å². The molecule has 0 fully saturated rings. The monoisotopic (exact) mass is 534 g/mol. The molecule has 0 amide bonds. The van der Waals surface area contributed by atoms with Crippen molar-refractivity contribution in [2.75, 3.05) is 19.8 Å². The summed E-state index contributed by atoms with van der Waals surface area (Å²) in [5, 5.41) is 0. The largest absolute Gasteiger partial charge is 0.494 e. The van der Waals surface area contributed by atoms with E-state index in [1.54, 1.807) is 38.1 Å². The van der Waals surface area contributed by atoms with Gasteiger partial charge in [-0.3, -0.25) is 0 Å². The summed E-state index contributed by atoms with van der Waals surface area (Å²) in [5.41, 5.74) is 0.673. The van der Waals surface area contributed by atoms with Crippen LogP contribution >= 0.6 is 0 Å². The average molecular weight is 535 g/mol. The summed E-state index contributed by atoms with van der Waals surface area (Å²) in [6.07, 6.45) is 3.04. The minimum absolute atomic E-state index is 0.0146. The Morgan fingerprint density at radius 2 is 1.55 bits per heavy atom. The second kappa shape index (κ2) is 15.3. The van der Waals surface area contributed by atoms with Crippen LogP contribution in [0.25, 0.3) is 11.1 Å². The molecule has 2 rings (SSSR count). The maximum atomic E-state index is 14.8. The Labute approximate surface area is 223 Å². The van der Waals surface area contributed by atoms with Crippen molar-refractivity contribution in [1.29, 1.82) is 0 Å². The molecule has 3 nitrogen and oxygen atoms in total. The van der Waals surface area contributed by atoms with Crippen LogP contribution in [0.4, 0.5) is 17.6 Å². The average Bonchev–Trinajstić information content (AvgIpc) is 2.92. The zero-order valence-electron chi connectivity index (χ0n) is 22.7. The summed E-state index contributed by atoms with van der Waals surface area (Å²) in [5.74, 6) is -4.55. The van der Waals surface area contributed by atoms with E-state index in [0.29, 0.717) is 30.8 Å². The summed E-state index contributed by atoms with van der Waals surface area (Å²) in [6.45, 7) is 15.3. The smallest absolute Gasteiger partial charge is 0.201 e. The SMILES string of the molecule is C=C(OCC)/C(F)=C(/F)C(=C)C(C)CCC(C)COc1ccc(-c2ccc(OCCCC)cc2)c(F)c1F. The van der Waals surface area contributed by atoms with Gasteiger partial charge in [-0.2, -0.15) is 8.78 Å². The van der Waals surface area contributed by atoms with Crippen LogP contribution in [0.3, 0.4) is 0 Å². The van der Waals surface area contributed by atoms with Crippen LogP contribution in [0.15, 0.2) is 72.5 Å². The third kappa shape index (κ3) is 8.67. The van der Waals surface area contributed by atoms with E-state index >= 15 is 0 Å². The molecule has 208 valence electrons. The zero-order chi connectivity index (χ0) is 28.2. The number of allylic oxidation sites excluding steroid dienone is 3. The van der Waals surface area contributed by atoms with Crippen molar-refractivity contribution in [1.82, 2.24) is 0 Å². The number of ether oxygens (including phenoxy) is 3. The third-order valence-electron chi connectivity index (χ3n) is 6.23. The van der Waals surface area contributed by atoms with Crippen molar-refractivity contribution in [3.05, 3.63) is 84.2 Å². The molecule has 0 N–H and O–H groups in total. The van der Waals surface area contributed by atoms with E-state index in [9.17, 15) is 17.6 Å². The molecule has 2 aromatic rings. The van der Waals surface area contributed by atoms with E-state index in [2.05, 4.69) is 20.1 Å². The molecule has 2 unspecified atom stereocenters. The Hall–Kier alpha value is -3.22. The summed E-state index contributed by atoms with van der Waals surface area (Å²) in [4.78, 5) is 0. The van der Waals surface area contributed by atoms with Gasteiger partial charge in [0.1, 0.15) is 5.75 Å². The van der Waals surface area contributed by atoms with Gasteiger partial charge in [-0.15, -0.1) is 0 Å². The minimum Gasteiger partial charge on any atom is -0.494 e. The second-order valence-corrected chi connectivity index (χ2v) is 9.37. The highest BCUT2D eigenvalue weighted by Crippen LogP contribution is 2.32. The Kier molecular flexibility index (Phi) is 12.4. The van der Waals surface area contributed by atoms with E-state index in [1.165, 1.54) is 12.1 Å². The summed E-state index contributed by atoms with van der Waals surface area (Å²) in [7, 11) is 0. The lowest BCUT2D eigenvalue weighted by Gasteiger charge is -2.18. The lowest BCUT2D eigenvalue weighted by Crippen LogP contribution is -2.12. The van der Waals surface area contributed by atoms with Crippen LogP contribution in [-0.2, 0) is 4.74 Å². The number of rotatable bonds is 16. The second-order valence-electron chi connectivity index (χ2n) is 9.37. The van der Waals surface area contributed by atoms with Gasteiger partial charge < -0.3 is 14.2 Å². The van der Waals surface area contributed by atoms with E-state index in [-0.39, 0.29) is 47.7 Å². The number of hydrogen-bond acceptors (Lipinski definition) is 3. The molecular formula is C31H38F4O3. The maximum absolute atomic E-state index is 14.8. The molecule has 0 aromatic heterocycles. The van der Waals surface area contributed by atoms with Gasteiger partial charge in [-0.1, -0.05) is 52.5 Å². The summed E-state index contributed by atoms with van der Waals surface area (Å²) < 4.78 is 74.1. The molecule has 0 saturated heterocycles. The molecule has 0 aliphatic heterocycles. The predicted octanol–water partition coefficient (Wildman–Crippen LogP) is 9.50. The van der Waals surface area contributed by atoms with Crippen LogP contribution in [0, 0.1) is 23.5 Å². The fourth-order valence-corrected chi connectivity index (χ4v) is 3.67. The van der Waals surface area contributed by atoms with Gasteiger partial charge in [-0.25, -0.2) is 8.78 Å². The molecular weight excluding hydrogens is 496 g/mol. The van der Waals surface area contributed by atoms with Crippen molar-refractivity contribution >= 4 is 0 Å². The van der Waals surface area contributed by atoms with Crippen molar-refractivity contribution < 1.29 is 31.8 Å². The Balaban J connectivity index is 1.93. The zero-order valence-corrected chi connectivity index (χ0v) is 22.7. The van der Waals surface area contributed by atoms with Gasteiger partial charge in [-0.05, 0) is 73.4 Å². The van der Waals surface area contributed by atoms with Gasteiger partial charge in [0.2, 0.25) is 5.82 Å². The van der Waals surface area contributed by atoms with Crippen molar-refractivity contribution in [2.24, 2.45) is 11.8 Å². The highest BCUT2D eigenvalue weighted by Gasteiger charge is 2.20. The van der Waals surface area contributed by atoms with Gasteiger partial charge in [0.25, 0.3) is 0 Å². The van der Waals surface area contributed by atoms with Crippen molar-refractivity contribution in [3.8, 4) is 22.6 Å². The third-order valence-corrected chi connectivity index (χ3v) is 6.23. The first-order chi connectivity index (χ1) is 18.1. The quantitative estimate of drug-likeness (QED) is 0.0929. The lowest BCUT2D eigenvalue weighted by molar-refractivity contribution is 0.223. The number of hydrogen-bond donors (Lipinski definition) is 0. The first-order valence-electron chi connectivity index (χ1n) is 13.0. The number of halogens is 4. The number of unbranched alkanes of at least 4 members (excludes halogenated alkanes) is 1. The normalized spacial score (nSPS) is 13.4. The molecule has 7 heteroatoms. The minimum atomic E-state index is -1.16. The first kappa shape index (κ1) is 31.0. The fourth-order valence-electron chi connectivity index (χ4n) is 3.67. The predicted molar refractivity (Wildman–Crippen MR) is 144 cm³/mol. The molecule has 0 aliphatic carbocycles. The van der Waals surface area contributed by atoms with Gasteiger partial charge >= 0.3 is 0 Å². The van der Waals surface area contributed by atoms with Crippen LogP contribution in [0.2, 0.25) is 0 Å². The van der Waals surface area contributed by atoms with Crippen LogP contribution in [0.5, 0.6) is 11.5 Å². The molecule has 2 atom stereocenters.